The number of aliphatic carboxylic acids is 1. The van der Waals surface area contributed by atoms with Crippen LogP contribution in [0.4, 0.5) is 0 Å². The van der Waals surface area contributed by atoms with Crippen LogP contribution in [0.25, 0.3) is 0 Å². The molecule has 0 radical (unpaired) electrons. The molecule has 2 N–H and O–H groups in total. The van der Waals surface area contributed by atoms with E-state index in [-0.39, 0.29) is 0 Å². The largest absolute Gasteiger partial charge is 0.480 e. The summed E-state index contributed by atoms with van der Waals surface area (Å²) in [6.07, 6.45) is 0.931. The molecule has 0 bridgehead atoms. The first-order valence-corrected chi connectivity index (χ1v) is 6.47. The maximum atomic E-state index is 11.7. The zero-order chi connectivity index (χ0) is 13.4. The van der Waals surface area contributed by atoms with Gasteiger partial charge < -0.3 is 10.4 Å². The Morgan fingerprint density at radius 3 is 1.75 bits per heavy atom. The summed E-state index contributed by atoms with van der Waals surface area (Å²) in [5.41, 5.74) is -1.50. The molecule has 0 rings (SSSR count). The monoisotopic (exact) mass is 251 g/mol. The van der Waals surface area contributed by atoms with Gasteiger partial charge in [0.1, 0.15) is 10.3 Å². The van der Waals surface area contributed by atoms with Gasteiger partial charge in [0.15, 0.2) is 9.84 Å². The quantitative estimate of drug-likeness (QED) is 0.720. The molecule has 0 aromatic carbocycles. The number of sulfone groups is 1. The topological polar surface area (TPSA) is 101 Å². The first-order valence-electron chi connectivity index (χ1n) is 4.58. The average molecular weight is 251 g/mol. The molecule has 0 aromatic heterocycles. The fourth-order valence-corrected chi connectivity index (χ4v) is 1.04. The number of rotatable bonds is 4. The highest BCUT2D eigenvalue weighted by molar-refractivity contribution is 7.92. The smallest absolute Gasteiger partial charge is 0.328 e. The summed E-state index contributed by atoms with van der Waals surface area (Å²) >= 11 is 0. The number of carbonyl (C=O) groups excluding carboxylic acids is 1. The van der Waals surface area contributed by atoms with Crippen LogP contribution in [0.2, 0.25) is 0 Å². The summed E-state index contributed by atoms with van der Waals surface area (Å²) in [4.78, 5) is 22.4. The molecule has 0 aliphatic carbocycles. The van der Waals surface area contributed by atoms with E-state index in [0.29, 0.717) is 0 Å². The molecular weight excluding hydrogens is 234 g/mol. The maximum absolute atomic E-state index is 11.7. The van der Waals surface area contributed by atoms with E-state index in [0.717, 1.165) is 6.26 Å². The fourth-order valence-electron chi connectivity index (χ4n) is 0.656. The number of hydrogen-bond acceptors (Lipinski definition) is 4. The van der Waals surface area contributed by atoms with Crippen LogP contribution in [0.3, 0.4) is 0 Å². The molecule has 16 heavy (non-hydrogen) atoms. The van der Waals surface area contributed by atoms with E-state index < -0.39 is 32.0 Å². The average Bonchev–Trinajstić information content (AvgIpc) is 2.00. The standard InChI is InChI=1S/C9H17NO5S/c1-8(2,7(12)13)10-6(11)9(3,4)16(5,14)15/h1-5H3,(H,10,11)(H,12,13). The van der Waals surface area contributed by atoms with Gasteiger partial charge in [0.25, 0.3) is 0 Å². The van der Waals surface area contributed by atoms with E-state index in [1.807, 2.05) is 0 Å². The number of carboxylic acids is 1. The Labute approximate surface area is 95.0 Å². The summed E-state index contributed by atoms with van der Waals surface area (Å²) in [5.74, 6) is -2.06. The first kappa shape index (κ1) is 14.9. The van der Waals surface area contributed by atoms with E-state index in [9.17, 15) is 18.0 Å². The molecule has 94 valence electrons. The molecule has 6 nitrogen and oxygen atoms in total. The molecule has 0 aliphatic rings. The number of carbonyl (C=O) groups is 2. The lowest BCUT2D eigenvalue weighted by Crippen LogP contribution is -2.57. The number of carboxylic acid groups (broad SMARTS) is 1. The molecule has 0 saturated carbocycles. The second kappa shape index (κ2) is 4.04. The van der Waals surface area contributed by atoms with E-state index in [4.69, 9.17) is 5.11 Å². The zero-order valence-electron chi connectivity index (χ0n) is 9.99. The van der Waals surface area contributed by atoms with Crippen LogP contribution in [0, 0.1) is 0 Å². The third-order valence-electron chi connectivity index (χ3n) is 2.43. The lowest BCUT2D eigenvalue weighted by Gasteiger charge is -2.27. The third-order valence-corrected chi connectivity index (χ3v) is 4.47. The van der Waals surface area contributed by atoms with Crippen molar-refractivity contribution in [2.24, 2.45) is 0 Å². The highest BCUT2D eigenvalue weighted by Crippen LogP contribution is 2.17. The second-order valence-electron chi connectivity index (χ2n) is 4.67. The van der Waals surface area contributed by atoms with Crippen molar-refractivity contribution in [3.8, 4) is 0 Å². The minimum absolute atomic E-state index is 0.831. The molecule has 0 saturated heterocycles. The van der Waals surface area contributed by atoms with Crippen molar-refractivity contribution in [2.45, 2.75) is 38.0 Å². The molecular formula is C9H17NO5S. The van der Waals surface area contributed by atoms with E-state index in [1.165, 1.54) is 27.7 Å². The molecule has 0 spiro atoms. The number of amides is 1. The van der Waals surface area contributed by atoms with Gasteiger partial charge in [-0.15, -0.1) is 0 Å². The Morgan fingerprint density at radius 1 is 1.12 bits per heavy atom. The molecule has 1 amide bonds. The zero-order valence-corrected chi connectivity index (χ0v) is 10.8. The molecule has 0 aromatic rings. The maximum Gasteiger partial charge on any atom is 0.328 e. The van der Waals surface area contributed by atoms with Gasteiger partial charge in [0.05, 0.1) is 0 Å². The minimum Gasteiger partial charge on any atom is -0.480 e. The Bertz CT molecular complexity index is 408. The van der Waals surface area contributed by atoms with Gasteiger partial charge in [0.2, 0.25) is 5.91 Å². The van der Waals surface area contributed by atoms with Crippen molar-refractivity contribution in [3.05, 3.63) is 0 Å². The molecule has 0 unspecified atom stereocenters. The third kappa shape index (κ3) is 2.94. The second-order valence-corrected chi connectivity index (χ2v) is 7.23. The predicted molar refractivity (Wildman–Crippen MR) is 58.8 cm³/mol. The highest BCUT2D eigenvalue weighted by atomic mass is 32.2. The fraction of sp³-hybridized carbons (Fsp3) is 0.778. The van der Waals surface area contributed by atoms with Crippen molar-refractivity contribution in [2.75, 3.05) is 6.26 Å². The molecule has 0 heterocycles. The highest BCUT2D eigenvalue weighted by Gasteiger charge is 2.42. The number of nitrogens with one attached hydrogen (secondary N) is 1. The molecule has 7 heteroatoms. The Balaban J connectivity index is 5.08. The molecule has 0 aliphatic heterocycles. The van der Waals surface area contributed by atoms with Crippen molar-refractivity contribution >= 4 is 21.7 Å². The van der Waals surface area contributed by atoms with Crippen LogP contribution in [-0.4, -0.2) is 41.9 Å². The van der Waals surface area contributed by atoms with Crippen LogP contribution in [0.5, 0.6) is 0 Å². The van der Waals surface area contributed by atoms with Gasteiger partial charge >= 0.3 is 5.97 Å². The minimum atomic E-state index is -3.60. The SMILES string of the molecule is CC(C)(NC(=O)C(C)(C)S(C)(=O)=O)C(=O)O. The van der Waals surface area contributed by atoms with Gasteiger partial charge in [-0.3, -0.25) is 4.79 Å². The van der Waals surface area contributed by atoms with Gasteiger partial charge in [-0.25, -0.2) is 13.2 Å². The van der Waals surface area contributed by atoms with Gasteiger partial charge in [0, 0.05) is 6.26 Å². The molecule has 0 fully saturated rings. The summed E-state index contributed by atoms with van der Waals surface area (Å²) < 4.78 is 21.0. The lowest BCUT2D eigenvalue weighted by molar-refractivity contribution is -0.146. The summed E-state index contributed by atoms with van der Waals surface area (Å²) in [5, 5.41) is 11.0. The predicted octanol–water partition coefficient (Wildman–Crippen LogP) is -0.211. The molecule has 0 atom stereocenters. The van der Waals surface area contributed by atoms with Crippen LogP contribution in [-0.2, 0) is 19.4 Å². The van der Waals surface area contributed by atoms with Gasteiger partial charge in [-0.05, 0) is 27.7 Å². The lowest BCUT2D eigenvalue weighted by atomic mass is 10.0. The summed E-state index contributed by atoms with van der Waals surface area (Å²) in [6.45, 7) is 5.03. The van der Waals surface area contributed by atoms with Crippen LogP contribution in [0.1, 0.15) is 27.7 Å². The van der Waals surface area contributed by atoms with Crippen molar-refractivity contribution in [3.63, 3.8) is 0 Å². The Hall–Kier alpha value is -1.11. The van der Waals surface area contributed by atoms with Crippen LogP contribution >= 0.6 is 0 Å². The van der Waals surface area contributed by atoms with Gasteiger partial charge in [-0.2, -0.15) is 0 Å². The van der Waals surface area contributed by atoms with Crippen molar-refractivity contribution < 1.29 is 23.1 Å². The van der Waals surface area contributed by atoms with Gasteiger partial charge in [-0.1, -0.05) is 0 Å². The van der Waals surface area contributed by atoms with E-state index in [1.54, 1.807) is 0 Å². The van der Waals surface area contributed by atoms with Crippen molar-refractivity contribution in [1.29, 1.82) is 0 Å². The Morgan fingerprint density at radius 2 is 1.50 bits per heavy atom. The van der Waals surface area contributed by atoms with Crippen molar-refractivity contribution in [1.82, 2.24) is 5.32 Å². The number of hydrogen-bond donors (Lipinski definition) is 2. The van der Waals surface area contributed by atoms with Crippen LogP contribution < -0.4 is 5.32 Å². The summed E-state index contributed by atoms with van der Waals surface area (Å²) in [7, 11) is -3.60. The first-order chi connectivity index (χ1) is 6.82. The van der Waals surface area contributed by atoms with E-state index >= 15 is 0 Å². The van der Waals surface area contributed by atoms with Crippen LogP contribution in [0.15, 0.2) is 0 Å². The summed E-state index contributed by atoms with van der Waals surface area (Å²) in [6, 6.07) is 0. The Kier molecular flexibility index (Phi) is 3.76. The normalized spacial score (nSPS) is 13.3. The van der Waals surface area contributed by atoms with E-state index in [2.05, 4.69) is 5.32 Å².